The Morgan fingerprint density at radius 2 is 2.04 bits per heavy atom. The van der Waals surface area contributed by atoms with Crippen LogP contribution in [0.2, 0.25) is 5.02 Å². The molecule has 0 bridgehead atoms. The molecule has 1 aliphatic rings. The lowest BCUT2D eigenvalue weighted by Gasteiger charge is -2.18. The van der Waals surface area contributed by atoms with Crippen LogP contribution in [0.25, 0.3) is 11.1 Å². The Kier molecular flexibility index (Phi) is 4.35. The summed E-state index contributed by atoms with van der Waals surface area (Å²) >= 11 is 6.45. The standard InChI is InChI=1S/C18H15ClF2O2/c1-2-23-18-11(9-22)7-14(10-3-4-10)16(17(18)19)13-6-5-12(20)8-15(13)21/h5-10H,2-4H2,1H3. The van der Waals surface area contributed by atoms with Gasteiger partial charge in [-0.1, -0.05) is 11.6 Å². The van der Waals surface area contributed by atoms with E-state index in [2.05, 4.69) is 0 Å². The molecule has 0 spiro atoms. The molecule has 0 N–H and O–H groups in total. The number of rotatable bonds is 5. The number of hydrogen-bond acceptors (Lipinski definition) is 2. The minimum Gasteiger partial charge on any atom is -0.492 e. The molecular formula is C18H15ClF2O2. The van der Waals surface area contributed by atoms with Crippen molar-refractivity contribution in [3.63, 3.8) is 0 Å². The zero-order valence-electron chi connectivity index (χ0n) is 12.5. The number of benzene rings is 2. The van der Waals surface area contributed by atoms with Crippen LogP contribution in [0.15, 0.2) is 24.3 Å². The molecule has 5 heteroatoms. The van der Waals surface area contributed by atoms with Crippen molar-refractivity contribution < 1.29 is 18.3 Å². The van der Waals surface area contributed by atoms with Crippen LogP contribution < -0.4 is 4.74 Å². The van der Waals surface area contributed by atoms with E-state index in [4.69, 9.17) is 16.3 Å². The lowest BCUT2D eigenvalue weighted by atomic mass is 9.93. The largest absolute Gasteiger partial charge is 0.492 e. The van der Waals surface area contributed by atoms with Gasteiger partial charge in [-0.05, 0) is 49.4 Å². The maximum atomic E-state index is 14.3. The Balaban J connectivity index is 2.28. The first kappa shape index (κ1) is 15.9. The number of carbonyl (C=O) groups excluding carboxylic acids is 1. The molecule has 0 heterocycles. The summed E-state index contributed by atoms with van der Waals surface area (Å²) in [6, 6.07) is 5.10. The molecule has 1 fully saturated rings. The smallest absolute Gasteiger partial charge is 0.153 e. The Hall–Kier alpha value is -1.94. The highest BCUT2D eigenvalue weighted by molar-refractivity contribution is 6.35. The van der Waals surface area contributed by atoms with Crippen LogP contribution in [-0.2, 0) is 0 Å². The van der Waals surface area contributed by atoms with Gasteiger partial charge in [-0.2, -0.15) is 0 Å². The third-order valence-corrected chi connectivity index (χ3v) is 4.27. The van der Waals surface area contributed by atoms with E-state index in [-0.39, 0.29) is 22.3 Å². The first-order chi connectivity index (χ1) is 11.1. The predicted octanol–water partition coefficient (Wildman–Crippen LogP) is 5.37. The average molecular weight is 337 g/mol. The highest BCUT2D eigenvalue weighted by atomic mass is 35.5. The van der Waals surface area contributed by atoms with Crippen molar-refractivity contribution in [2.75, 3.05) is 6.61 Å². The fourth-order valence-corrected chi connectivity index (χ4v) is 3.11. The third-order valence-electron chi connectivity index (χ3n) is 3.91. The molecule has 0 saturated heterocycles. The van der Waals surface area contributed by atoms with E-state index in [0.717, 1.165) is 24.5 Å². The normalized spacial score (nSPS) is 13.9. The van der Waals surface area contributed by atoms with Crippen LogP contribution in [-0.4, -0.2) is 12.9 Å². The van der Waals surface area contributed by atoms with Crippen molar-refractivity contribution in [1.29, 1.82) is 0 Å². The zero-order chi connectivity index (χ0) is 16.6. The Labute approximate surface area is 138 Å². The van der Waals surface area contributed by atoms with Crippen molar-refractivity contribution in [3.8, 4) is 16.9 Å². The van der Waals surface area contributed by atoms with E-state index < -0.39 is 11.6 Å². The van der Waals surface area contributed by atoms with Crippen LogP contribution in [0.3, 0.4) is 0 Å². The van der Waals surface area contributed by atoms with Gasteiger partial charge >= 0.3 is 0 Å². The number of carbonyl (C=O) groups is 1. The minimum atomic E-state index is -0.685. The quantitative estimate of drug-likeness (QED) is 0.686. The van der Waals surface area contributed by atoms with Crippen LogP contribution in [0.5, 0.6) is 5.75 Å². The first-order valence-electron chi connectivity index (χ1n) is 7.46. The summed E-state index contributed by atoms with van der Waals surface area (Å²) in [6.45, 7) is 2.10. The molecule has 0 radical (unpaired) electrons. The molecule has 2 aromatic rings. The first-order valence-corrected chi connectivity index (χ1v) is 7.84. The Morgan fingerprint density at radius 1 is 1.30 bits per heavy atom. The molecule has 0 unspecified atom stereocenters. The second-order valence-corrected chi connectivity index (χ2v) is 5.90. The average Bonchev–Trinajstić information content (AvgIpc) is 3.35. The Morgan fingerprint density at radius 3 is 2.61 bits per heavy atom. The van der Waals surface area contributed by atoms with E-state index in [9.17, 15) is 13.6 Å². The number of aldehydes is 1. The van der Waals surface area contributed by atoms with Gasteiger partial charge in [-0.15, -0.1) is 0 Å². The van der Waals surface area contributed by atoms with Crippen molar-refractivity contribution in [1.82, 2.24) is 0 Å². The van der Waals surface area contributed by atoms with Gasteiger partial charge in [0, 0.05) is 17.2 Å². The fraction of sp³-hybridized carbons (Fsp3) is 0.278. The molecule has 1 aliphatic carbocycles. The summed E-state index contributed by atoms with van der Waals surface area (Å²) < 4.78 is 33.0. The summed E-state index contributed by atoms with van der Waals surface area (Å²) in [6.07, 6.45) is 2.60. The van der Waals surface area contributed by atoms with Gasteiger partial charge in [0.2, 0.25) is 0 Å². The lowest BCUT2D eigenvalue weighted by Crippen LogP contribution is -2.02. The second-order valence-electron chi connectivity index (χ2n) is 5.52. The molecule has 0 atom stereocenters. The summed E-state index contributed by atoms with van der Waals surface area (Å²) in [5.74, 6) is -0.853. The molecule has 0 amide bonds. The van der Waals surface area contributed by atoms with Gasteiger partial charge < -0.3 is 4.74 Å². The topological polar surface area (TPSA) is 26.3 Å². The van der Waals surface area contributed by atoms with E-state index in [1.54, 1.807) is 13.0 Å². The number of ether oxygens (including phenoxy) is 1. The van der Waals surface area contributed by atoms with Crippen molar-refractivity contribution in [3.05, 3.63) is 52.0 Å². The van der Waals surface area contributed by atoms with E-state index in [1.165, 1.54) is 12.1 Å². The fourth-order valence-electron chi connectivity index (χ4n) is 2.73. The minimum absolute atomic E-state index is 0.198. The second kappa shape index (κ2) is 6.28. The summed E-state index contributed by atoms with van der Waals surface area (Å²) in [7, 11) is 0. The van der Waals surface area contributed by atoms with Gasteiger partial charge in [-0.3, -0.25) is 4.79 Å². The van der Waals surface area contributed by atoms with Gasteiger partial charge in [0.25, 0.3) is 0 Å². The molecular weight excluding hydrogens is 322 g/mol. The third kappa shape index (κ3) is 2.95. The zero-order valence-corrected chi connectivity index (χ0v) is 13.3. The molecule has 23 heavy (non-hydrogen) atoms. The summed E-state index contributed by atoms with van der Waals surface area (Å²) in [5, 5.41) is 0.198. The molecule has 0 aliphatic heterocycles. The lowest BCUT2D eigenvalue weighted by molar-refractivity contribution is 0.112. The molecule has 3 rings (SSSR count). The number of hydrogen-bond donors (Lipinski definition) is 0. The molecule has 2 aromatic carbocycles. The summed E-state index contributed by atoms with van der Waals surface area (Å²) in [4.78, 5) is 11.3. The maximum absolute atomic E-state index is 14.3. The van der Waals surface area contributed by atoms with Crippen LogP contribution in [0, 0.1) is 11.6 Å². The maximum Gasteiger partial charge on any atom is 0.153 e. The molecule has 0 aromatic heterocycles. The van der Waals surface area contributed by atoms with E-state index >= 15 is 0 Å². The van der Waals surface area contributed by atoms with Gasteiger partial charge in [0.15, 0.2) is 6.29 Å². The molecule has 1 saturated carbocycles. The summed E-state index contributed by atoms with van der Waals surface area (Å²) in [5.41, 5.74) is 1.87. The predicted molar refractivity (Wildman–Crippen MR) is 85.3 cm³/mol. The van der Waals surface area contributed by atoms with Crippen LogP contribution in [0.4, 0.5) is 8.78 Å². The van der Waals surface area contributed by atoms with Gasteiger partial charge in [0.05, 0.1) is 17.2 Å². The van der Waals surface area contributed by atoms with Crippen LogP contribution >= 0.6 is 11.6 Å². The SMILES string of the molecule is CCOc1c(C=O)cc(C2CC2)c(-c2ccc(F)cc2F)c1Cl. The van der Waals surface area contributed by atoms with Crippen molar-refractivity contribution >= 4 is 17.9 Å². The van der Waals surface area contributed by atoms with Crippen LogP contribution in [0.1, 0.15) is 41.6 Å². The van der Waals surface area contributed by atoms with Gasteiger partial charge in [-0.25, -0.2) is 8.78 Å². The molecule has 2 nitrogen and oxygen atoms in total. The monoisotopic (exact) mass is 336 g/mol. The number of halogens is 3. The molecule has 120 valence electrons. The van der Waals surface area contributed by atoms with E-state index in [1.807, 2.05) is 0 Å². The highest BCUT2D eigenvalue weighted by Crippen LogP contribution is 2.50. The van der Waals surface area contributed by atoms with Gasteiger partial charge in [0.1, 0.15) is 17.4 Å². The van der Waals surface area contributed by atoms with E-state index in [0.29, 0.717) is 24.0 Å². The Bertz CT molecular complexity index is 770. The van der Waals surface area contributed by atoms with Crippen molar-refractivity contribution in [2.24, 2.45) is 0 Å². The van der Waals surface area contributed by atoms with Crippen molar-refractivity contribution in [2.45, 2.75) is 25.7 Å². The highest BCUT2D eigenvalue weighted by Gasteiger charge is 2.31.